The van der Waals surface area contributed by atoms with Gasteiger partial charge in [0.2, 0.25) is 5.82 Å². The van der Waals surface area contributed by atoms with Crippen LogP contribution in [0.1, 0.15) is 0 Å². The Labute approximate surface area is 121 Å². The topological polar surface area (TPSA) is 77.8 Å². The SMILES string of the molecule is Nc1cc(-c2nc(-c3ccc(Br)cn3)no2)ccc1F. The van der Waals surface area contributed by atoms with Crippen molar-refractivity contribution < 1.29 is 8.91 Å². The van der Waals surface area contributed by atoms with Gasteiger partial charge in [-0.05, 0) is 46.3 Å². The van der Waals surface area contributed by atoms with Crippen molar-refractivity contribution in [1.82, 2.24) is 15.1 Å². The van der Waals surface area contributed by atoms with Gasteiger partial charge in [0.25, 0.3) is 5.89 Å². The van der Waals surface area contributed by atoms with Gasteiger partial charge in [-0.2, -0.15) is 4.98 Å². The van der Waals surface area contributed by atoms with Crippen molar-refractivity contribution in [3.8, 4) is 23.0 Å². The first-order valence-electron chi connectivity index (χ1n) is 5.64. The summed E-state index contributed by atoms with van der Waals surface area (Å²) >= 11 is 3.30. The van der Waals surface area contributed by atoms with Crippen molar-refractivity contribution in [2.45, 2.75) is 0 Å². The van der Waals surface area contributed by atoms with Crippen molar-refractivity contribution in [2.75, 3.05) is 5.73 Å². The molecule has 0 amide bonds. The molecule has 0 aliphatic heterocycles. The molecule has 7 heteroatoms. The maximum absolute atomic E-state index is 13.1. The fraction of sp³-hybridized carbons (Fsp3) is 0. The fourth-order valence-corrected chi connectivity index (χ4v) is 1.86. The summed E-state index contributed by atoms with van der Waals surface area (Å²) in [6.07, 6.45) is 1.64. The van der Waals surface area contributed by atoms with E-state index >= 15 is 0 Å². The van der Waals surface area contributed by atoms with Gasteiger partial charge in [-0.3, -0.25) is 4.98 Å². The zero-order valence-electron chi connectivity index (χ0n) is 10.0. The Kier molecular flexibility index (Phi) is 3.19. The molecule has 0 radical (unpaired) electrons. The highest BCUT2D eigenvalue weighted by atomic mass is 79.9. The van der Waals surface area contributed by atoms with Crippen molar-refractivity contribution in [1.29, 1.82) is 0 Å². The first-order valence-corrected chi connectivity index (χ1v) is 6.44. The molecule has 5 nitrogen and oxygen atoms in total. The number of halogens is 2. The maximum Gasteiger partial charge on any atom is 0.258 e. The van der Waals surface area contributed by atoms with Crippen molar-refractivity contribution >= 4 is 21.6 Å². The van der Waals surface area contributed by atoms with Crippen LogP contribution in [0.5, 0.6) is 0 Å². The zero-order chi connectivity index (χ0) is 14.1. The number of hydrogen-bond donors (Lipinski definition) is 1. The van der Waals surface area contributed by atoms with Crippen molar-refractivity contribution in [2.24, 2.45) is 0 Å². The number of anilines is 1. The number of hydrogen-bond acceptors (Lipinski definition) is 5. The smallest absolute Gasteiger partial charge is 0.258 e. The largest absolute Gasteiger partial charge is 0.396 e. The number of pyridine rings is 1. The highest BCUT2D eigenvalue weighted by molar-refractivity contribution is 9.10. The second-order valence-electron chi connectivity index (χ2n) is 4.02. The number of benzene rings is 1. The molecule has 2 N–H and O–H groups in total. The molecule has 0 saturated heterocycles. The Morgan fingerprint density at radius 1 is 1.20 bits per heavy atom. The number of nitrogen functional groups attached to an aromatic ring is 1. The molecule has 0 atom stereocenters. The van der Waals surface area contributed by atoms with Crippen LogP contribution in [0.15, 0.2) is 45.5 Å². The molecule has 0 aliphatic rings. The average Bonchev–Trinajstić information content (AvgIpc) is 2.92. The van der Waals surface area contributed by atoms with Crippen molar-refractivity contribution in [3.63, 3.8) is 0 Å². The lowest BCUT2D eigenvalue weighted by Crippen LogP contribution is -1.91. The molecule has 0 aliphatic carbocycles. The number of nitrogens with two attached hydrogens (primary N) is 1. The molecule has 0 saturated carbocycles. The average molecular weight is 335 g/mol. The lowest BCUT2D eigenvalue weighted by atomic mass is 10.2. The quantitative estimate of drug-likeness (QED) is 0.727. The van der Waals surface area contributed by atoms with Crippen molar-refractivity contribution in [3.05, 3.63) is 46.8 Å². The van der Waals surface area contributed by atoms with Gasteiger partial charge in [-0.1, -0.05) is 5.16 Å². The Morgan fingerprint density at radius 2 is 2.05 bits per heavy atom. The Bertz CT molecular complexity index is 757. The minimum atomic E-state index is -0.483. The van der Waals surface area contributed by atoms with Crippen LogP contribution in [0.25, 0.3) is 23.0 Å². The summed E-state index contributed by atoms with van der Waals surface area (Å²) in [5, 5.41) is 3.85. The number of aromatic nitrogens is 3. The molecular weight excluding hydrogens is 327 g/mol. The van der Waals surface area contributed by atoms with Gasteiger partial charge in [-0.15, -0.1) is 0 Å². The predicted octanol–water partition coefficient (Wildman–Crippen LogP) is 3.28. The van der Waals surface area contributed by atoms with E-state index in [1.54, 1.807) is 12.3 Å². The molecule has 0 fully saturated rings. The van der Waals surface area contributed by atoms with E-state index in [1.807, 2.05) is 6.07 Å². The van der Waals surface area contributed by atoms with E-state index in [9.17, 15) is 4.39 Å². The molecular formula is C13H8BrFN4O. The molecule has 1 aromatic carbocycles. The van der Waals surface area contributed by atoms with E-state index in [1.165, 1.54) is 18.2 Å². The highest BCUT2D eigenvalue weighted by Crippen LogP contribution is 2.24. The molecule has 20 heavy (non-hydrogen) atoms. The third kappa shape index (κ3) is 2.39. The standard InChI is InChI=1S/C13H8BrFN4O/c14-8-2-4-11(17-6-8)12-18-13(20-19-12)7-1-3-9(15)10(16)5-7/h1-6H,16H2. The molecule has 0 bridgehead atoms. The first-order chi connectivity index (χ1) is 9.63. The van der Waals surface area contributed by atoms with Crippen LogP contribution in [0.4, 0.5) is 10.1 Å². The van der Waals surface area contributed by atoms with Crippen LogP contribution in [-0.4, -0.2) is 15.1 Å². The van der Waals surface area contributed by atoms with E-state index in [4.69, 9.17) is 10.3 Å². The second-order valence-corrected chi connectivity index (χ2v) is 4.94. The molecule has 3 aromatic rings. The maximum atomic E-state index is 13.1. The van der Waals surface area contributed by atoms with Gasteiger partial charge < -0.3 is 10.3 Å². The summed E-state index contributed by atoms with van der Waals surface area (Å²) in [6.45, 7) is 0. The summed E-state index contributed by atoms with van der Waals surface area (Å²) in [5.74, 6) is 0.134. The van der Waals surface area contributed by atoms with E-state index in [0.717, 1.165) is 4.47 Å². The van der Waals surface area contributed by atoms with Gasteiger partial charge in [0.1, 0.15) is 11.5 Å². The summed E-state index contributed by atoms with van der Waals surface area (Å²) in [5.41, 5.74) is 6.68. The Hall–Kier alpha value is -2.28. The van der Waals surface area contributed by atoms with Crippen LogP contribution in [0.3, 0.4) is 0 Å². The number of nitrogens with zero attached hydrogens (tertiary/aromatic N) is 3. The summed E-state index contributed by atoms with van der Waals surface area (Å²) in [6, 6.07) is 7.82. The normalized spacial score (nSPS) is 10.7. The molecule has 0 unspecified atom stereocenters. The monoisotopic (exact) mass is 334 g/mol. The minimum Gasteiger partial charge on any atom is -0.396 e. The highest BCUT2D eigenvalue weighted by Gasteiger charge is 2.12. The van der Waals surface area contributed by atoms with Crippen LogP contribution in [0.2, 0.25) is 0 Å². The van der Waals surface area contributed by atoms with Gasteiger partial charge in [0.15, 0.2) is 0 Å². The van der Waals surface area contributed by atoms with Crippen LogP contribution < -0.4 is 5.73 Å². The van der Waals surface area contributed by atoms with Crippen LogP contribution in [0, 0.1) is 5.82 Å². The van der Waals surface area contributed by atoms with E-state index in [0.29, 0.717) is 17.1 Å². The van der Waals surface area contributed by atoms with Gasteiger partial charge >= 0.3 is 0 Å². The molecule has 2 aromatic heterocycles. The third-order valence-corrected chi connectivity index (χ3v) is 3.09. The Balaban J connectivity index is 1.97. The predicted molar refractivity (Wildman–Crippen MR) is 75.0 cm³/mol. The summed E-state index contributed by atoms with van der Waals surface area (Å²) in [4.78, 5) is 8.39. The van der Waals surface area contributed by atoms with E-state index in [-0.39, 0.29) is 11.6 Å². The molecule has 100 valence electrons. The van der Waals surface area contributed by atoms with Gasteiger partial charge in [-0.25, -0.2) is 4.39 Å². The number of rotatable bonds is 2. The Morgan fingerprint density at radius 3 is 2.75 bits per heavy atom. The fourth-order valence-electron chi connectivity index (χ4n) is 1.63. The van der Waals surface area contributed by atoms with Gasteiger partial charge in [0, 0.05) is 16.2 Å². The molecule has 0 spiro atoms. The lowest BCUT2D eigenvalue weighted by molar-refractivity contribution is 0.432. The zero-order valence-corrected chi connectivity index (χ0v) is 11.6. The van der Waals surface area contributed by atoms with E-state index < -0.39 is 5.82 Å². The summed E-state index contributed by atoms with van der Waals surface area (Å²) < 4.78 is 19.1. The lowest BCUT2D eigenvalue weighted by Gasteiger charge is -1.97. The van der Waals surface area contributed by atoms with Gasteiger partial charge in [0.05, 0.1) is 5.69 Å². The second kappa shape index (κ2) is 5.01. The van der Waals surface area contributed by atoms with Crippen LogP contribution >= 0.6 is 15.9 Å². The van der Waals surface area contributed by atoms with E-state index in [2.05, 4.69) is 31.1 Å². The minimum absolute atomic E-state index is 0.0315. The molecule has 2 heterocycles. The third-order valence-electron chi connectivity index (χ3n) is 2.63. The molecule has 3 rings (SSSR count). The summed E-state index contributed by atoms with van der Waals surface area (Å²) in [7, 11) is 0. The van der Waals surface area contributed by atoms with Crippen LogP contribution in [-0.2, 0) is 0 Å². The first kappa shape index (κ1) is 12.7.